The van der Waals surface area contributed by atoms with Crippen molar-refractivity contribution in [3.05, 3.63) is 66.4 Å². The average molecular weight is 329 g/mol. The summed E-state index contributed by atoms with van der Waals surface area (Å²) in [6, 6.07) is 10.1. The topological polar surface area (TPSA) is 76.7 Å². The highest BCUT2D eigenvalue weighted by atomic mass is 15.4. The number of rotatable bonds is 3. The number of H-pyrrole nitrogens is 1. The molecule has 4 heterocycles. The summed E-state index contributed by atoms with van der Waals surface area (Å²) < 4.78 is 3.84. The Morgan fingerprint density at radius 3 is 3.00 bits per heavy atom. The minimum Gasteiger partial charge on any atom is -0.306 e. The maximum atomic E-state index is 4.63. The van der Waals surface area contributed by atoms with Gasteiger partial charge in [0.2, 0.25) is 0 Å². The summed E-state index contributed by atoms with van der Waals surface area (Å²) in [6.07, 6.45) is 7.85. The first kappa shape index (κ1) is 13.9. The van der Waals surface area contributed by atoms with E-state index in [-0.39, 0.29) is 0 Å². The SMILES string of the molecule is Cc1ccc2nc(Cn3cc(-c4cccc5[nH]ncc45)nn3)cn2c1. The first-order valence-electron chi connectivity index (χ1n) is 8.03. The number of aryl methyl sites for hydroxylation is 1. The maximum absolute atomic E-state index is 4.63. The lowest BCUT2D eigenvalue weighted by molar-refractivity contribution is 0.641. The molecule has 7 nitrogen and oxygen atoms in total. The van der Waals surface area contributed by atoms with Crippen molar-refractivity contribution >= 4 is 16.6 Å². The van der Waals surface area contributed by atoms with Crippen molar-refractivity contribution in [1.29, 1.82) is 0 Å². The molecule has 0 spiro atoms. The van der Waals surface area contributed by atoms with E-state index in [1.54, 1.807) is 0 Å². The van der Waals surface area contributed by atoms with Crippen LogP contribution in [0.1, 0.15) is 11.3 Å². The quantitative estimate of drug-likeness (QED) is 0.552. The molecule has 0 atom stereocenters. The van der Waals surface area contributed by atoms with Crippen molar-refractivity contribution in [3.8, 4) is 11.3 Å². The Kier molecular flexibility index (Phi) is 2.93. The number of hydrogen-bond acceptors (Lipinski definition) is 4. The predicted molar refractivity (Wildman–Crippen MR) is 94.1 cm³/mol. The van der Waals surface area contributed by atoms with E-state index in [0.717, 1.165) is 33.5 Å². The summed E-state index contributed by atoms with van der Waals surface area (Å²) in [7, 11) is 0. The molecule has 0 saturated heterocycles. The van der Waals surface area contributed by atoms with Gasteiger partial charge >= 0.3 is 0 Å². The smallest absolute Gasteiger partial charge is 0.137 e. The van der Waals surface area contributed by atoms with Crippen LogP contribution in [0.15, 0.2) is 55.1 Å². The second-order valence-electron chi connectivity index (χ2n) is 6.14. The fourth-order valence-electron chi connectivity index (χ4n) is 3.09. The van der Waals surface area contributed by atoms with Crippen LogP contribution in [0.3, 0.4) is 0 Å². The van der Waals surface area contributed by atoms with Gasteiger partial charge in [0.15, 0.2) is 0 Å². The maximum Gasteiger partial charge on any atom is 0.137 e. The van der Waals surface area contributed by atoms with Crippen LogP contribution in [-0.2, 0) is 6.54 Å². The number of nitrogens with zero attached hydrogens (tertiary/aromatic N) is 6. The second-order valence-corrected chi connectivity index (χ2v) is 6.14. The summed E-state index contributed by atoms with van der Waals surface area (Å²) in [6.45, 7) is 2.65. The molecule has 4 aromatic heterocycles. The summed E-state index contributed by atoms with van der Waals surface area (Å²) in [5.41, 5.74) is 5.91. The molecule has 0 aliphatic carbocycles. The van der Waals surface area contributed by atoms with E-state index in [4.69, 9.17) is 0 Å². The molecule has 0 unspecified atom stereocenters. The van der Waals surface area contributed by atoms with Crippen LogP contribution in [-0.4, -0.2) is 34.6 Å². The summed E-state index contributed by atoms with van der Waals surface area (Å²) in [5.74, 6) is 0. The molecule has 0 amide bonds. The zero-order valence-corrected chi connectivity index (χ0v) is 13.6. The van der Waals surface area contributed by atoms with Gasteiger partial charge in [-0.2, -0.15) is 5.10 Å². The molecule has 1 N–H and O–H groups in total. The molecule has 1 aromatic carbocycles. The predicted octanol–water partition coefficient (Wildman–Crippen LogP) is 2.83. The molecule has 122 valence electrons. The molecule has 0 aliphatic rings. The first-order valence-corrected chi connectivity index (χ1v) is 8.03. The molecule has 0 radical (unpaired) electrons. The lowest BCUT2D eigenvalue weighted by atomic mass is 10.1. The van der Waals surface area contributed by atoms with E-state index in [2.05, 4.69) is 44.7 Å². The molecule has 0 bridgehead atoms. The highest BCUT2D eigenvalue weighted by Gasteiger charge is 2.10. The van der Waals surface area contributed by atoms with Gasteiger partial charge in [-0.1, -0.05) is 23.4 Å². The summed E-state index contributed by atoms with van der Waals surface area (Å²) in [5, 5.41) is 16.7. The number of fused-ring (bicyclic) bond motifs is 2. The Hall–Kier alpha value is -3.48. The van der Waals surface area contributed by atoms with Crippen LogP contribution < -0.4 is 0 Å². The number of benzene rings is 1. The molecule has 0 saturated carbocycles. The van der Waals surface area contributed by atoms with Gasteiger partial charge in [0.1, 0.15) is 11.3 Å². The van der Waals surface area contributed by atoms with Crippen molar-refractivity contribution in [1.82, 2.24) is 34.6 Å². The molecule has 5 rings (SSSR count). The first-order chi connectivity index (χ1) is 12.3. The molecule has 5 aromatic rings. The minimum absolute atomic E-state index is 0.578. The van der Waals surface area contributed by atoms with Gasteiger partial charge in [-0.3, -0.25) is 5.10 Å². The highest BCUT2D eigenvalue weighted by Crippen LogP contribution is 2.25. The van der Waals surface area contributed by atoms with Gasteiger partial charge in [0.05, 0.1) is 30.1 Å². The molecule has 0 fully saturated rings. The van der Waals surface area contributed by atoms with Crippen molar-refractivity contribution in [3.63, 3.8) is 0 Å². The third-order valence-electron chi connectivity index (χ3n) is 4.27. The monoisotopic (exact) mass is 329 g/mol. The zero-order valence-electron chi connectivity index (χ0n) is 13.6. The van der Waals surface area contributed by atoms with E-state index < -0.39 is 0 Å². The Bertz CT molecular complexity index is 1190. The fraction of sp³-hybridized carbons (Fsp3) is 0.111. The van der Waals surface area contributed by atoms with Gasteiger partial charge in [0.25, 0.3) is 0 Å². The van der Waals surface area contributed by atoms with Crippen LogP contribution in [0.5, 0.6) is 0 Å². The second kappa shape index (κ2) is 5.27. The fourth-order valence-corrected chi connectivity index (χ4v) is 3.09. The van der Waals surface area contributed by atoms with Gasteiger partial charge in [-0.25, -0.2) is 9.67 Å². The summed E-state index contributed by atoms with van der Waals surface area (Å²) >= 11 is 0. The number of pyridine rings is 1. The van der Waals surface area contributed by atoms with Crippen LogP contribution in [0.4, 0.5) is 0 Å². The number of aromatic amines is 1. The van der Waals surface area contributed by atoms with E-state index >= 15 is 0 Å². The van der Waals surface area contributed by atoms with Gasteiger partial charge in [0, 0.05) is 23.3 Å². The average Bonchev–Trinajstić information content (AvgIpc) is 3.32. The standard InChI is InChI=1S/C18H15N7/c1-12-5-6-18-20-13(9-24(18)8-12)10-25-11-17(22-23-25)14-3-2-4-16-15(14)7-19-21-16/h2-9,11H,10H2,1H3,(H,19,21). The Labute approximate surface area is 142 Å². The van der Waals surface area contributed by atoms with Gasteiger partial charge in [-0.15, -0.1) is 5.10 Å². The van der Waals surface area contributed by atoms with Crippen LogP contribution in [0.2, 0.25) is 0 Å². The highest BCUT2D eigenvalue weighted by molar-refractivity contribution is 5.92. The van der Waals surface area contributed by atoms with Crippen molar-refractivity contribution in [2.75, 3.05) is 0 Å². The third-order valence-corrected chi connectivity index (χ3v) is 4.27. The van der Waals surface area contributed by atoms with Crippen molar-refractivity contribution < 1.29 is 0 Å². The third kappa shape index (κ3) is 2.37. The number of nitrogens with one attached hydrogen (secondary N) is 1. The Balaban J connectivity index is 1.48. The Morgan fingerprint density at radius 2 is 2.04 bits per heavy atom. The van der Waals surface area contributed by atoms with E-state index in [1.165, 1.54) is 5.56 Å². The van der Waals surface area contributed by atoms with Crippen LogP contribution in [0, 0.1) is 6.92 Å². The molecular weight excluding hydrogens is 314 g/mol. The van der Waals surface area contributed by atoms with Crippen molar-refractivity contribution in [2.45, 2.75) is 13.5 Å². The number of aromatic nitrogens is 7. The van der Waals surface area contributed by atoms with Crippen LogP contribution in [0.25, 0.3) is 27.8 Å². The Morgan fingerprint density at radius 1 is 1.08 bits per heavy atom. The molecule has 25 heavy (non-hydrogen) atoms. The number of imidazole rings is 1. The van der Waals surface area contributed by atoms with E-state index in [0.29, 0.717) is 6.54 Å². The molecule has 0 aliphatic heterocycles. The zero-order chi connectivity index (χ0) is 16.8. The summed E-state index contributed by atoms with van der Waals surface area (Å²) in [4.78, 5) is 4.63. The minimum atomic E-state index is 0.578. The van der Waals surface area contributed by atoms with Gasteiger partial charge in [-0.05, 0) is 24.6 Å². The largest absolute Gasteiger partial charge is 0.306 e. The lowest BCUT2D eigenvalue weighted by Crippen LogP contribution is -2.00. The number of hydrogen-bond donors (Lipinski definition) is 1. The van der Waals surface area contributed by atoms with Crippen LogP contribution >= 0.6 is 0 Å². The molecular formula is C18H15N7. The van der Waals surface area contributed by atoms with Crippen molar-refractivity contribution in [2.24, 2.45) is 0 Å². The van der Waals surface area contributed by atoms with Gasteiger partial charge < -0.3 is 4.40 Å². The normalized spacial score (nSPS) is 11.6. The van der Waals surface area contributed by atoms with E-state index in [1.807, 2.05) is 51.9 Å². The lowest BCUT2D eigenvalue weighted by Gasteiger charge is -1.97. The molecule has 7 heteroatoms. The van der Waals surface area contributed by atoms with E-state index in [9.17, 15) is 0 Å².